The van der Waals surface area contributed by atoms with Crippen molar-refractivity contribution in [1.82, 2.24) is 0 Å². The largest absolute Gasteiger partial charge is 0.489 e. The van der Waals surface area contributed by atoms with Gasteiger partial charge in [0.2, 0.25) is 0 Å². The van der Waals surface area contributed by atoms with Crippen LogP contribution in [-0.4, -0.2) is 5.97 Å². The third-order valence-electron chi connectivity index (χ3n) is 20.6. The van der Waals surface area contributed by atoms with Gasteiger partial charge in [0.25, 0.3) is 0 Å². The van der Waals surface area contributed by atoms with Gasteiger partial charge in [-0.25, -0.2) is 4.79 Å². The first kappa shape index (κ1) is 87.8. The van der Waals surface area contributed by atoms with Crippen LogP contribution in [0.5, 0.6) is 86.2 Å². The maximum absolute atomic E-state index is 14.8. The second-order valence-electron chi connectivity index (χ2n) is 30.9. The Balaban J connectivity index is 0.716. The molecule has 0 unspecified atom stereocenters. The van der Waals surface area contributed by atoms with Gasteiger partial charge in [0.1, 0.15) is 179 Å². The lowest BCUT2D eigenvalue weighted by molar-refractivity contribution is 0.0733. The van der Waals surface area contributed by atoms with Crippen molar-refractivity contribution in [2.45, 2.75) is 92.5 Å². The number of ether oxygens (including phenoxy) is 15. The van der Waals surface area contributed by atoms with Crippen molar-refractivity contribution in [1.29, 1.82) is 0 Å². The molecule has 0 aliphatic heterocycles. The summed E-state index contributed by atoms with van der Waals surface area (Å²) in [6.07, 6.45) is 11.8. The molecule has 0 N–H and O–H groups in total. The smallest absolute Gasteiger partial charge is 0.343 e. The van der Waals surface area contributed by atoms with Crippen LogP contribution in [0.4, 0.5) is 0 Å². The Morgan fingerprint density at radius 1 is 0.168 bits per heavy atom. The number of esters is 1. The molecule has 16 aromatic rings. The summed E-state index contributed by atoms with van der Waals surface area (Å²) >= 11 is 0. The van der Waals surface area contributed by atoms with Crippen LogP contribution in [0.3, 0.4) is 0 Å². The zero-order valence-electron chi connectivity index (χ0n) is 72.0. The molecule has 0 heterocycles. The van der Waals surface area contributed by atoms with Crippen LogP contribution in [0.25, 0.3) is 0 Å². The number of carbonyl (C=O) groups excluding carboxylic acids is 1. The predicted octanol–water partition coefficient (Wildman–Crippen LogP) is 25.0. The molecule has 0 aliphatic carbocycles. The van der Waals surface area contributed by atoms with Crippen molar-refractivity contribution in [2.24, 2.45) is 0 Å². The van der Waals surface area contributed by atoms with E-state index in [9.17, 15) is 4.79 Å². The molecule has 16 aromatic carbocycles. The number of terminal acetylenes is 2. The fraction of sp³-hybridized carbons (Fsp3) is 0.122. The topological polar surface area (TPSA) is 156 Å². The highest BCUT2D eigenvalue weighted by atomic mass is 16.5. The predicted molar refractivity (Wildman–Crippen MR) is 505 cm³/mol. The molecule has 131 heavy (non-hydrogen) atoms. The Morgan fingerprint density at radius 3 is 0.466 bits per heavy atom. The molecule has 0 saturated carbocycles. The van der Waals surface area contributed by atoms with E-state index in [2.05, 4.69) is 11.8 Å². The van der Waals surface area contributed by atoms with E-state index in [1.807, 2.05) is 352 Å². The molecule has 0 atom stereocenters. The van der Waals surface area contributed by atoms with Crippen molar-refractivity contribution < 1.29 is 75.8 Å². The zero-order valence-corrected chi connectivity index (χ0v) is 72.0. The van der Waals surface area contributed by atoms with Gasteiger partial charge in [-0.05, 0) is 181 Å². The molecule has 0 saturated heterocycles. The van der Waals surface area contributed by atoms with Gasteiger partial charge in [0, 0.05) is 53.6 Å². The average molecular weight is 1730 g/mol. The summed E-state index contributed by atoms with van der Waals surface area (Å²) in [5.74, 6) is 11.6. The summed E-state index contributed by atoms with van der Waals surface area (Å²) in [7, 11) is 0. The highest BCUT2D eigenvalue weighted by molar-refractivity contribution is 5.92. The van der Waals surface area contributed by atoms with E-state index >= 15 is 0 Å². The third kappa shape index (κ3) is 27.7. The third-order valence-corrected chi connectivity index (χ3v) is 20.6. The lowest BCUT2D eigenvalue weighted by atomic mass is 10.1. The Hall–Kier alpha value is -16.7. The fourth-order valence-electron chi connectivity index (χ4n) is 14.1. The summed E-state index contributed by atoms with van der Waals surface area (Å²) in [5, 5.41) is 0. The molecule has 16 rings (SSSR count). The molecule has 0 fully saturated rings. The molecule has 0 bridgehead atoms. The van der Waals surface area contributed by atoms with Gasteiger partial charge in [-0.1, -0.05) is 254 Å². The first-order valence-corrected chi connectivity index (χ1v) is 42.9. The van der Waals surface area contributed by atoms with Gasteiger partial charge in [-0.3, -0.25) is 0 Å². The highest BCUT2D eigenvalue weighted by Crippen LogP contribution is 2.36. The number of hydrogen-bond donors (Lipinski definition) is 0. The molecule has 650 valence electrons. The van der Waals surface area contributed by atoms with Crippen LogP contribution in [-0.2, 0) is 92.5 Å². The molecule has 0 aliphatic rings. The average Bonchev–Trinajstić information content (AvgIpc) is 0.776. The maximum atomic E-state index is 14.8. The van der Waals surface area contributed by atoms with Crippen LogP contribution in [0.15, 0.2) is 388 Å². The number of benzene rings is 16. The fourth-order valence-corrected chi connectivity index (χ4v) is 14.1. The standard InChI is InChI=1S/C115H94O16/c1-3-83-45-84(4-2)47-114(46-83)131-115(116)99-60-112(129-81-97-56-108(125-77-93-48-100(117-69-85-29-13-5-14-30-85)62-101(49-93)118-70-86-31-15-6-16-32-86)66-109(57-97)126-78-94-50-102(119-71-87-33-17-7-18-34-87)63-103(51-94)120-72-88-35-19-8-20-36-88)68-113(61-99)130-82-98-58-110(127-79-95-52-104(121-73-89-37-21-9-22-38-89)64-105(53-95)122-74-90-39-23-10-24-40-90)67-111(59-98)128-80-96-54-106(123-75-91-41-25-11-26-42-91)65-107(55-96)124-76-92-43-27-12-28-44-92/h1-2,5-68H,69-82H2. The van der Waals surface area contributed by atoms with Crippen LogP contribution in [0.2, 0.25) is 0 Å². The second kappa shape index (κ2) is 45.5. The van der Waals surface area contributed by atoms with Crippen LogP contribution >= 0.6 is 0 Å². The molecular formula is C115H94O16. The van der Waals surface area contributed by atoms with E-state index in [4.69, 9.17) is 83.9 Å². The van der Waals surface area contributed by atoms with Crippen LogP contribution < -0.4 is 71.1 Å². The molecule has 0 aromatic heterocycles. The van der Waals surface area contributed by atoms with E-state index < -0.39 is 5.97 Å². The molecule has 0 radical (unpaired) electrons. The number of rotatable bonds is 44. The summed E-state index contributed by atoms with van der Waals surface area (Å²) in [5.41, 5.74) is 13.3. The Kier molecular flexibility index (Phi) is 30.5. The Labute approximate surface area is 763 Å². The van der Waals surface area contributed by atoms with Crippen LogP contribution in [0.1, 0.15) is 99.4 Å². The maximum Gasteiger partial charge on any atom is 0.343 e. The number of carbonyl (C=O) groups is 1. The minimum atomic E-state index is -0.757. The van der Waals surface area contributed by atoms with Crippen molar-refractivity contribution in [3.8, 4) is 111 Å². The SMILES string of the molecule is C#Cc1cc(C#C)cc(OC(=O)c2cc(OCc3cc(OCc4cc(OCc5ccccc5)cc(OCc5ccccc5)c4)cc(OCc4cc(OCc5ccccc5)cc(OCc5ccccc5)c4)c3)cc(OCc3cc(OCc4cc(OCc5ccccc5)cc(OCc5ccccc5)c4)cc(OCc4cc(OCc5ccccc5)cc(OCc5ccccc5)c4)c3)c2)c1. The van der Waals surface area contributed by atoms with Gasteiger partial charge in [-0.2, -0.15) is 0 Å². The Morgan fingerprint density at radius 2 is 0.313 bits per heavy atom. The van der Waals surface area contributed by atoms with E-state index in [0.29, 0.717) is 144 Å². The van der Waals surface area contributed by atoms with Gasteiger partial charge < -0.3 is 71.1 Å². The monoisotopic (exact) mass is 1730 g/mol. The summed E-state index contributed by atoms with van der Waals surface area (Å²) in [6, 6.07) is 124. The van der Waals surface area contributed by atoms with Crippen molar-refractivity contribution in [3.63, 3.8) is 0 Å². The van der Waals surface area contributed by atoms with Crippen molar-refractivity contribution >= 4 is 5.97 Å². The van der Waals surface area contributed by atoms with Crippen molar-refractivity contribution in [2.75, 3.05) is 0 Å². The highest BCUT2D eigenvalue weighted by Gasteiger charge is 2.20. The molecule has 0 spiro atoms. The van der Waals surface area contributed by atoms with Crippen molar-refractivity contribution in [3.05, 3.63) is 483 Å². The zero-order chi connectivity index (χ0) is 89.2. The summed E-state index contributed by atoms with van der Waals surface area (Å²) in [4.78, 5) is 14.8. The minimum absolute atomic E-state index is 0.0708. The van der Waals surface area contributed by atoms with Gasteiger partial charge >= 0.3 is 5.97 Å². The van der Waals surface area contributed by atoms with Gasteiger partial charge in [-0.15, -0.1) is 12.8 Å². The second-order valence-corrected chi connectivity index (χ2v) is 30.9. The summed E-state index contributed by atoms with van der Waals surface area (Å²) < 4.78 is 98.5. The molecular weight excluding hydrogens is 1640 g/mol. The lowest BCUT2D eigenvalue weighted by Gasteiger charge is -2.17. The first-order chi connectivity index (χ1) is 64.5. The summed E-state index contributed by atoms with van der Waals surface area (Å²) in [6.45, 7) is 2.85. The lowest BCUT2D eigenvalue weighted by Crippen LogP contribution is -2.10. The van der Waals surface area contributed by atoms with E-state index in [-0.39, 0.29) is 62.5 Å². The van der Waals surface area contributed by atoms with Crippen LogP contribution in [0, 0.1) is 24.7 Å². The van der Waals surface area contributed by atoms with E-state index in [1.54, 1.807) is 36.4 Å². The van der Waals surface area contributed by atoms with Gasteiger partial charge in [0.15, 0.2) is 0 Å². The normalized spacial score (nSPS) is 10.7. The molecule has 16 heteroatoms. The molecule has 0 amide bonds. The Bertz CT molecular complexity index is 5550. The number of hydrogen-bond acceptors (Lipinski definition) is 16. The van der Waals surface area contributed by atoms with Gasteiger partial charge in [0.05, 0.1) is 5.56 Å². The molecule has 16 nitrogen and oxygen atoms in total. The van der Waals surface area contributed by atoms with E-state index in [1.165, 1.54) is 0 Å². The first-order valence-electron chi connectivity index (χ1n) is 42.9. The quantitative estimate of drug-likeness (QED) is 0.0202. The minimum Gasteiger partial charge on any atom is -0.489 e. The van der Waals surface area contributed by atoms with E-state index in [0.717, 1.165) is 66.8 Å².